The normalized spacial score (nSPS) is 27.6. The summed E-state index contributed by atoms with van der Waals surface area (Å²) in [5.74, 6) is -0.0572. The molecule has 2 aliphatic rings. The molecule has 1 saturated heterocycles. The molecule has 1 heterocycles. The van der Waals surface area contributed by atoms with E-state index in [-0.39, 0.29) is 35.8 Å². The van der Waals surface area contributed by atoms with Crippen molar-refractivity contribution in [1.29, 1.82) is 0 Å². The van der Waals surface area contributed by atoms with Crippen molar-refractivity contribution in [3.8, 4) is 0 Å². The van der Waals surface area contributed by atoms with Gasteiger partial charge < -0.3 is 10.2 Å². The second-order valence-corrected chi connectivity index (χ2v) is 7.99. The van der Waals surface area contributed by atoms with Gasteiger partial charge in [0, 0.05) is 12.3 Å². The highest BCUT2D eigenvalue weighted by Crippen LogP contribution is 2.35. The zero-order valence-corrected chi connectivity index (χ0v) is 12.8. The van der Waals surface area contributed by atoms with E-state index in [1.165, 1.54) is 4.90 Å². The fourth-order valence-electron chi connectivity index (χ4n) is 2.59. The summed E-state index contributed by atoms with van der Waals surface area (Å²) in [6, 6.07) is -0.987. The van der Waals surface area contributed by atoms with Gasteiger partial charge in [0.2, 0.25) is 11.8 Å². The smallest absolute Gasteiger partial charge is 0.246 e. The van der Waals surface area contributed by atoms with Crippen LogP contribution in [-0.4, -0.2) is 55.3 Å². The molecule has 2 rings (SSSR count). The Labute approximate surface area is 119 Å². The molecule has 1 saturated carbocycles. The van der Waals surface area contributed by atoms with Crippen LogP contribution in [0.1, 0.15) is 33.1 Å². The minimum atomic E-state index is -3.14. The second-order valence-electron chi connectivity index (χ2n) is 5.52. The summed E-state index contributed by atoms with van der Waals surface area (Å²) < 4.78 is 23.2. The number of piperazine rings is 1. The Kier molecular flexibility index (Phi) is 4.36. The van der Waals surface area contributed by atoms with Gasteiger partial charge in [0.05, 0.1) is 5.75 Å². The van der Waals surface area contributed by atoms with E-state index in [1.807, 2.05) is 6.92 Å². The third-order valence-electron chi connectivity index (χ3n) is 4.09. The molecule has 0 aromatic carbocycles. The van der Waals surface area contributed by atoms with Crippen LogP contribution in [0.3, 0.4) is 0 Å². The van der Waals surface area contributed by atoms with Crippen molar-refractivity contribution in [1.82, 2.24) is 10.2 Å². The predicted molar refractivity (Wildman–Crippen MR) is 74.8 cm³/mol. The zero-order chi connectivity index (χ0) is 14.9. The Morgan fingerprint density at radius 3 is 2.40 bits per heavy atom. The van der Waals surface area contributed by atoms with Crippen LogP contribution in [-0.2, 0) is 19.4 Å². The van der Waals surface area contributed by atoms with Crippen LogP contribution in [0.2, 0.25) is 0 Å². The monoisotopic (exact) mass is 302 g/mol. The third kappa shape index (κ3) is 3.13. The van der Waals surface area contributed by atoms with Crippen LogP contribution in [0.4, 0.5) is 0 Å². The predicted octanol–water partition coefficient (Wildman–Crippen LogP) is -0.0633. The maximum Gasteiger partial charge on any atom is 0.246 e. The number of hydrogen-bond donors (Lipinski definition) is 1. The summed E-state index contributed by atoms with van der Waals surface area (Å²) in [6.07, 6.45) is 2.41. The van der Waals surface area contributed by atoms with E-state index in [0.717, 1.165) is 12.8 Å². The number of amides is 2. The van der Waals surface area contributed by atoms with E-state index in [1.54, 1.807) is 6.92 Å². The van der Waals surface area contributed by atoms with E-state index in [4.69, 9.17) is 0 Å². The topological polar surface area (TPSA) is 83.6 Å². The van der Waals surface area contributed by atoms with Crippen LogP contribution in [0.25, 0.3) is 0 Å². The minimum absolute atomic E-state index is 0.0596. The van der Waals surface area contributed by atoms with Crippen molar-refractivity contribution in [3.05, 3.63) is 0 Å². The Bertz CT molecular complexity index is 499. The zero-order valence-electron chi connectivity index (χ0n) is 12.0. The molecule has 0 radical (unpaired) electrons. The first kappa shape index (κ1) is 15.3. The van der Waals surface area contributed by atoms with E-state index < -0.39 is 21.9 Å². The number of rotatable bonds is 6. The molecule has 1 aliphatic heterocycles. The summed E-state index contributed by atoms with van der Waals surface area (Å²) in [7, 11) is -3.14. The van der Waals surface area contributed by atoms with Gasteiger partial charge in [0.15, 0.2) is 9.84 Å². The molecule has 0 spiro atoms. The lowest BCUT2D eigenvalue weighted by Crippen LogP contribution is -2.64. The van der Waals surface area contributed by atoms with Crippen LogP contribution in [0, 0.1) is 5.92 Å². The van der Waals surface area contributed by atoms with Crippen molar-refractivity contribution in [2.24, 2.45) is 5.92 Å². The van der Waals surface area contributed by atoms with Crippen molar-refractivity contribution in [2.45, 2.75) is 45.2 Å². The molecule has 1 aliphatic carbocycles. The fourth-order valence-corrected chi connectivity index (χ4v) is 3.35. The van der Waals surface area contributed by atoms with E-state index in [2.05, 4.69) is 5.32 Å². The maximum atomic E-state index is 12.4. The lowest BCUT2D eigenvalue weighted by molar-refractivity contribution is -0.149. The minimum Gasteiger partial charge on any atom is -0.342 e. The molecule has 0 bridgehead atoms. The van der Waals surface area contributed by atoms with Crippen LogP contribution >= 0.6 is 0 Å². The lowest BCUT2D eigenvalue weighted by atomic mass is 10.0. The molecular formula is C13H22N2O4S. The van der Waals surface area contributed by atoms with Gasteiger partial charge in [0.25, 0.3) is 0 Å². The van der Waals surface area contributed by atoms with Gasteiger partial charge in [-0.25, -0.2) is 8.42 Å². The first-order valence-electron chi connectivity index (χ1n) is 7.21. The van der Waals surface area contributed by atoms with Crippen molar-refractivity contribution < 1.29 is 18.0 Å². The summed E-state index contributed by atoms with van der Waals surface area (Å²) in [6.45, 7) is 3.53. The largest absolute Gasteiger partial charge is 0.342 e. The molecule has 0 aromatic rings. The number of carbonyl (C=O) groups excluding carboxylic acids is 2. The number of hydrogen-bond acceptors (Lipinski definition) is 4. The highest BCUT2D eigenvalue weighted by Gasteiger charge is 2.46. The average Bonchev–Trinajstić information content (AvgIpc) is 3.23. The molecule has 20 heavy (non-hydrogen) atoms. The van der Waals surface area contributed by atoms with E-state index in [9.17, 15) is 18.0 Å². The second kappa shape index (κ2) is 5.71. The van der Waals surface area contributed by atoms with Crippen molar-refractivity contribution in [2.75, 3.05) is 18.1 Å². The first-order valence-corrected chi connectivity index (χ1v) is 9.03. The first-order chi connectivity index (χ1) is 9.39. The molecule has 1 N–H and O–H groups in total. The molecule has 114 valence electrons. The van der Waals surface area contributed by atoms with Crippen molar-refractivity contribution >= 4 is 21.7 Å². The summed E-state index contributed by atoms with van der Waals surface area (Å²) >= 11 is 0. The maximum absolute atomic E-state index is 12.4. The quantitative estimate of drug-likeness (QED) is 0.745. The van der Waals surface area contributed by atoms with Gasteiger partial charge in [-0.15, -0.1) is 0 Å². The SMILES string of the molecule is CCC1C(=O)NC(C2CC2)C(=O)N1CCS(=O)(=O)CC. The van der Waals surface area contributed by atoms with Gasteiger partial charge in [-0.1, -0.05) is 13.8 Å². The molecule has 2 amide bonds. The number of nitrogens with one attached hydrogen (secondary N) is 1. The Morgan fingerprint density at radius 2 is 1.90 bits per heavy atom. The van der Waals surface area contributed by atoms with Gasteiger partial charge in [0.1, 0.15) is 12.1 Å². The molecule has 2 atom stereocenters. The highest BCUT2D eigenvalue weighted by atomic mass is 32.2. The Hall–Kier alpha value is -1.11. The third-order valence-corrected chi connectivity index (χ3v) is 5.77. The molecule has 7 heteroatoms. The van der Waals surface area contributed by atoms with Crippen LogP contribution < -0.4 is 5.32 Å². The number of nitrogens with zero attached hydrogens (tertiary/aromatic N) is 1. The van der Waals surface area contributed by atoms with Gasteiger partial charge in [-0.05, 0) is 25.2 Å². The van der Waals surface area contributed by atoms with Crippen LogP contribution in [0.15, 0.2) is 0 Å². The lowest BCUT2D eigenvalue weighted by Gasteiger charge is -2.38. The number of sulfone groups is 1. The highest BCUT2D eigenvalue weighted by molar-refractivity contribution is 7.91. The fraction of sp³-hybridized carbons (Fsp3) is 0.846. The molecule has 2 fully saturated rings. The summed E-state index contributed by atoms with van der Waals surface area (Å²) in [5, 5.41) is 2.79. The Balaban J connectivity index is 2.12. The Morgan fingerprint density at radius 1 is 1.25 bits per heavy atom. The average molecular weight is 302 g/mol. The molecular weight excluding hydrogens is 280 g/mol. The van der Waals surface area contributed by atoms with Gasteiger partial charge in [-0.2, -0.15) is 0 Å². The summed E-state index contributed by atoms with van der Waals surface area (Å²) in [5.41, 5.74) is 0. The van der Waals surface area contributed by atoms with Crippen molar-refractivity contribution in [3.63, 3.8) is 0 Å². The summed E-state index contributed by atoms with van der Waals surface area (Å²) in [4.78, 5) is 26.0. The molecule has 0 aromatic heterocycles. The van der Waals surface area contributed by atoms with Gasteiger partial charge in [-0.3, -0.25) is 9.59 Å². The molecule has 6 nitrogen and oxygen atoms in total. The van der Waals surface area contributed by atoms with Gasteiger partial charge >= 0.3 is 0 Å². The van der Waals surface area contributed by atoms with Crippen LogP contribution in [0.5, 0.6) is 0 Å². The standard InChI is InChI=1S/C13H22N2O4S/c1-3-10-12(16)14-11(9-5-6-9)13(17)15(10)7-8-20(18,19)4-2/h9-11H,3-8H2,1-2H3,(H,14,16). The number of carbonyl (C=O) groups is 2. The molecule has 2 unspecified atom stereocenters. The van der Waals surface area contributed by atoms with E-state index >= 15 is 0 Å². The van der Waals surface area contributed by atoms with E-state index in [0.29, 0.717) is 6.42 Å².